The van der Waals surface area contributed by atoms with E-state index in [1.165, 1.54) is 77.0 Å². The van der Waals surface area contributed by atoms with Crippen LogP contribution in [0.25, 0.3) is 0 Å². The van der Waals surface area contributed by atoms with Gasteiger partial charge in [-0.15, -0.1) is 0 Å². The molecule has 0 aromatic carbocycles. The first-order valence-corrected chi connectivity index (χ1v) is 13.1. The number of rotatable bonds is 22. The van der Waals surface area contributed by atoms with Gasteiger partial charge in [-0.1, -0.05) is 104 Å². The van der Waals surface area contributed by atoms with Gasteiger partial charge < -0.3 is 9.64 Å². The standard InChI is InChI=1S/C26H51NO3/c1-4-7-10-13-16-19-24-30-26(29)21-20-25(28)27(22-17-14-11-8-5-2)23-18-15-12-9-6-3/h4-24H2,1-3H3. The third kappa shape index (κ3) is 18.9. The van der Waals surface area contributed by atoms with E-state index >= 15 is 0 Å². The van der Waals surface area contributed by atoms with Gasteiger partial charge in [0.25, 0.3) is 0 Å². The fourth-order valence-corrected chi connectivity index (χ4v) is 3.68. The molecular weight excluding hydrogens is 374 g/mol. The molecule has 178 valence electrons. The van der Waals surface area contributed by atoms with Crippen LogP contribution in [0.15, 0.2) is 0 Å². The first-order chi connectivity index (χ1) is 14.7. The normalized spacial score (nSPS) is 10.9. The maximum absolute atomic E-state index is 12.7. The van der Waals surface area contributed by atoms with Gasteiger partial charge in [0.2, 0.25) is 5.91 Å². The van der Waals surface area contributed by atoms with E-state index in [1.807, 2.05) is 4.90 Å². The molecule has 0 fully saturated rings. The zero-order chi connectivity index (χ0) is 22.3. The maximum atomic E-state index is 12.7. The highest BCUT2D eigenvalue weighted by Crippen LogP contribution is 2.10. The van der Waals surface area contributed by atoms with Crippen molar-refractivity contribution in [1.82, 2.24) is 4.90 Å². The molecule has 4 nitrogen and oxygen atoms in total. The first-order valence-electron chi connectivity index (χ1n) is 13.1. The quantitative estimate of drug-likeness (QED) is 0.134. The van der Waals surface area contributed by atoms with Crippen molar-refractivity contribution in [2.45, 2.75) is 136 Å². The molecule has 0 radical (unpaired) electrons. The molecule has 30 heavy (non-hydrogen) atoms. The third-order valence-corrected chi connectivity index (χ3v) is 5.72. The van der Waals surface area contributed by atoms with Crippen LogP contribution in [0.1, 0.15) is 136 Å². The van der Waals surface area contributed by atoms with Crippen molar-refractivity contribution >= 4 is 11.9 Å². The van der Waals surface area contributed by atoms with Crippen LogP contribution >= 0.6 is 0 Å². The summed E-state index contributed by atoms with van der Waals surface area (Å²) in [6, 6.07) is 0. The summed E-state index contributed by atoms with van der Waals surface area (Å²) < 4.78 is 5.32. The number of nitrogens with zero attached hydrogens (tertiary/aromatic N) is 1. The Bertz CT molecular complexity index is 384. The fraction of sp³-hybridized carbons (Fsp3) is 0.923. The number of hydrogen-bond donors (Lipinski definition) is 0. The average Bonchev–Trinajstić information content (AvgIpc) is 2.75. The lowest BCUT2D eigenvalue weighted by Crippen LogP contribution is -2.33. The molecule has 0 aliphatic carbocycles. The van der Waals surface area contributed by atoms with Crippen molar-refractivity contribution in [1.29, 1.82) is 0 Å². The topological polar surface area (TPSA) is 46.6 Å². The smallest absolute Gasteiger partial charge is 0.306 e. The summed E-state index contributed by atoms with van der Waals surface area (Å²) in [6.07, 6.45) is 19.6. The Balaban J connectivity index is 4.08. The molecule has 0 saturated carbocycles. The van der Waals surface area contributed by atoms with E-state index < -0.39 is 0 Å². The Hall–Kier alpha value is -1.06. The summed E-state index contributed by atoms with van der Waals surface area (Å²) in [5.74, 6) is -0.0970. The molecule has 0 aliphatic rings. The van der Waals surface area contributed by atoms with Crippen molar-refractivity contribution in [3.8, 4) is 0 Å². The van der Waals surface area contributed by atoms with Crippen LogP contribution in [-0.4, -0.2) is 36.5 Å². The van der Waals surface area contributed by atoms with Crippen molar-refractivity contribution in [3.63, 3.8) is 0 Å². The number of carbonyl (C=O) groups excluding carboxylic acids is 2. The molecule has 0 N–H and O–H groups in total. The van der Waals surface area contributed by atoms with Crippen LogP contribution in [0.4, 0.5) is 0 Å². The van der Waals surface area contributed by atoms with Gasteiger partial charge in [-0.25, -0.2) is 0 Å². The minimum Gasteiger partial charge on any atom is -0.466 e. The highest BCUT2D eigenvalue weighted by molar-refractivity contribution is 5.81. The molecule has 0 bridgehead atoms. The predicted molar refractivity (Wildman–Crippen MR) is 128 cm³/mol. The van der Waals surface area contributed by atoms with E-state index in [0.717, 1.165) is 38.8 Å². The summed E-state index contributed by atoms with van der Waals surface area (Å²) in [4.78, 5) is 26.7. The van der Waals surface area contributed by atoms with Gasteiger partial charge in [-0.2, -0.15) is 0 Å². The van der Waals surface area contributed by atoms with Gasteiger partial charge >= 0.3 is 5.97 Å². The van der Waals surface area contributed by atoms with Gasteiger partial charge in [0.1, 0.15) is 0 Å². The van der Waals surface area contributed by atoms with Crippen molar-refractivity contribution in [2.24, 2.45) is 0 Å². The number of ether oxygens (including phenoxy) is 1. The Morgan fingerprint density at radius 3 is 1.50 bits per heavy atom. The molecule has 0 aliphatic heterocycles. The Morgan fingerprint density at radius 2 is 1.00 bits per heavy atom. The number of carbonyl (C=O) groups is 2. The molecule has 0 spiro atoms. The van der Waals surface area contributed by atoms with Gasteiger partial charge in [0.15, 0.2) is 0 Å². The van der Waals surface area contributed by atoms with Crippen molar-refractivity contribution in [3.05, 3.63) is 0 Å². The molecule has 0 atom stereocenters. The van der Waals surface area contributed by atoms with Crippen LogP contribution in [0.5, 0.6) is 0 Å². The maximum Gasteiger partial charge on any atom is 0.306 e. The van der Waals surface area contributed by atoms with Crippen LogP contribution < -0.4 is 0 Å². The second-order valence-electron chi connectivity index (χ2n) is 8.70. The summed E-state index contributed by atoms with van der Waals surface area (Å²) in [5.41, 5.74) is 0. The predicted octanol–water partition coefficient (Wildman–Crippen LogP) is 7.44. The molecule has 0 rings (SSSR count). The van der Waals surface area contributed by atoms with Gasteiger partial charge in [0.05, 0.1) is 13.0 Å². The van der Waals surface area contributed by atoms with E-state index in [0.29, 0.717) is 13.0 Å². The van der Waals surface area contributed by atoms with Crippen LogP contribution in [0.2, 0.25) is 0 Å². The molecule has 1 amide bonds. The highest BCUT2D eigenvalue weighted by Gasteiger charge is 2.15. The van der Waals surface area contributed by atoms with E-state index in [1.54, 1.807) is 0 Å². The number of hydrogen-bond acceptors (Lipinski definition) is 3. The van der Waals surface area contributed by atoms with E-state index in [9.17, 15) is 9.59 Å². The summed E-state index contributed by atoms with van der Waals surface area (Å²) in [5, 5.41) is 0. The molecule has 4 heteroatoms. The van der Waals surface area contributed by atoms with Gasteiger partial charge in [-0.3, -0.25) is 9.59 Å². The SMILES string of the molecule is CCCCCCCCOC(=O)CCC(=O)N(CCCCCCC)CCCCCCC. The largest absolute Gasteiger partial charge is 0.466 e. The number of amides is 1. The average molecular weight is 426 g/mol. The second-order valence-corrected chi connectivity index (χ2v) is 8.70. The fourth-order valence-electron chi connectivity index (χ4n) is 3.68. The lowest BCUT2D eigenvalue weighted by atomic mass is 10.1. The second kappa shape index (κ2) is 22.6. The summed E-state index contributed by atoms with van der Waals surface area (Å²) in [6.45, 7) is 8.82. The molecule has 0 aromatic rings. The van der Waals surface area contributed by atoms with Gasteiger partial charge in [0, 0.05) is 19.5 Å². The minimum absolute atomic E-state index is 0.123. The summed E-state index contributed by atoms with van der Waals surface area (Å²) in [7, 11) is 0. The van der Waals surface area contributed by atoms with Crippen molar-refractivity contribution < 1.29 is 14.3 Å². The zero-order valence-electron chi connectivity index (χ0n) is 20.5. The lowest BCUT2D eigenvalue weighted by molar-refractivity contribution is -0.146. The lowest BCUT2D eigenvalue weighted by Gasteiger charge is -2.23. The number of unbranched alkanes of at least 4 members (excludes halogenated alkanes) is 13. The summed E-state index contributed by atoms with van der Waals surface area (Å²) >= 11 is 0. The monoisotopic (exact) mass is 425 g/mol. The van der Waals surface area contributed by atoms with Crippen LogP contribution in [-0.2, 0) is 14.3 Å². The van der Waals surface area contributed by atoms with E-state index in [-0.39, 0.29) is 18.3 Å². The molecule has 0 aromatic heterocycles. The third-order valence-electron chi connectivity index (χ3n) is 5.72. The highest BCUT2D eigenvalue weighted by atomic mass is 16.5. The van der Waals surface area contributed by atoms with Crippen LogP contribution in [0, 0.1) is 0 Å². The Labute approximate surface area is 187 Å². The van der Waals surface area contributed by atoms with Gasteiger partial charge in [-0.05, 0) is 19.3 Å². The minimum atomic E-state index is -0.220. The Kier molecular flexibility index (Phi) is 21.8. The van der Waals surface area contributed by atoms with E-state index in [4.69, 9.17) is 4.74 Å². The number of esters is 1. The molecule has 0 heterocycles. The van der Waals surface area contributed by atoms with Crippen molar-refractivity contribution in [2.75, 3.05) is 19.7 Å². The van der Waals surface area contributed by atoms with E-state index in [2.05, 4.69) is 20.8 Å². The molecule has 0 saturated heterocycles. The zero-order valence-corrected chi connectivity index (χ0v) is 20.5. The first kappa shape index (κ1) is 28.9. The molecule has 0 unspecified atom stereocenters. The Morgan fingerprint density at radius 1 is 0.567 bits per heavy atom. The molecular formula is C26H51NO3. The van der Waals surface area contributed by atoms with Crippen LogP contribution in [0.3, 0.4) is 0 Å².